The highest BCUT2D eigenvalue weighted by Crippen LogP contribution is 2.61. The van der Waals surface area contributed by atoms with Crippen LogP contribution >= 0.6 is 0 Å². The molecule has 0 amide bonds. The molecule has 3 saturated carbocycles. The average Bonchev–Trinajstić information content (AvgIpc) is 2.65. The molecule has 5 heteroatoms. The maximum atomic E-state index is 13.4. The summed E-state index contributed by atoms with van der Waals surface area (Å²) in [4.78, 5) is 20.9. The molecule has 7 atom stereocenters. The van der Waals surface area contributed by atoms with Crippen LogP contribution in [0.15, 0.2) is 5.16 Å². The Bertz CT molecular complexity index is 607. The zero-order valence-corrected chi connectivity index (χ0v) is 19.2. The highest BCUT2D eigenvalue weighted by atomic mass is 16.6. The zero-order chi connectivity index (χ0) is 21.2. The SMILES string of the molecule is CCC[C@@]1(C)CC[C@H]2[C@@H](CCC3C[C@@H](O)C(/C=N\OCCN(C)C)C[C@@]32C)C1=O. The number of Topliss-reactive ketones (excluding diaryl/α,β-unsaturated/α-hetero) is 1. The predicted molar refractivity (Wildman–Crippen MR) is 117 cm³/mol. The largest absolute Gasteiger partial charge is 0.395 e. The van der Waals surface area contributed by atoms with Crippen molar-refractivity contribution in [1.29, 1.82) is 0 Å². The van der Waals surface area contributed by atoms with E-state index in [9.17, 15) is 9.90 Å². The zero-order valence-electron chi connectivity index (χ0n) is 19.2. The van der Waals surface area contributed by atoms with E-state index in [1.165, 1.54) is 0 Å². The predicted octanol–water partition coefficient (Wildman–Crippen LogP) is 4.14. The van der Waals surface area contributed by atoms with Gasteiger partial charge in [-0.1, -0.05) is 32.3 Å². The molecule has 5 nitrogen and oxygen atoms in total. The van der Waals surface area contributed by atoms with Gasteiger partial charge in [0, 0.05) is 30.0 Å². The Morgan fingerprint density at radius 2 is 2.03 bits per heavy atom. The summed E-state index contributed by atoms with van der Waals surface area (Å²) in [5.41, 5.74) is 0.000105. The number of aliphatic hydroxyl groups excluding tert-OH is 1. The van der Waals surface area contributed by atoms with Gasteiger partial charge in [0.2, 0.25) is 0 Å². The molecule has 1 N–H and O–H groups in total. The van der Waals surface area contributed by atoms with Gasteiger partial charge in [0.15, 0.2) is 0 Å². The van der Waals surface area contributed by atoms with Gasteiger partial charge >= 0.3 is 0 Å². The Morgan fingerprint density at radius 3 is 2.72 bits per heavy atom. The van der Waals surface area contributed by atoms with Crippen LogP contribution in [0.3, 0.4) is 0 Å². The number of ketones is 1. The second kappa shape index (κ2) is 9.05. The lowest BCUT2D eigenvalue weighted by molar-refractivity contribution is -0.155. The van der Waals surface area contributed by atoms with Crippen LogP contribution in [0, 0.1) is 34.5 Å². The number of oxime groups is 1. The third-order valence-corrected chi connectivity index (χ3v) is 8.48. The number of rotatable bonds is 7. The summed E-state index contributed by atoms with van der Waals surface area (Å²) in [5.74, 6) is 1.73. The molecule has 0 spiro atoms. The molecule has 2 unspecified atom stereocenters. The Labute approximate surface area is 177 Å². The maximum Gasteiger partial charge on any atom is 0.142 e. The third-order valence-electron chi connectivity index (χ3n) is 8.48. The molecule has 0 aromatic heterocycles. The second-order valence-electron chi connectivity index (χ2n) is 10.8. The number of hydrogen-bond donors (Lipinski definition) is 1. The first-order chi connectivity index (χ1) is 13.7. The molecular formula is C24H42N2O3. The van der Waals surface area contributed by atoms with Gasteiger partial charge in [0.05, 0.1) is 6.10 Å². The van der Waals surface area contributed by atoms with Crippen molar-refractivity contribution in [3.8, 4) is 0 Å². The van der Waals surface area contributed by atoms with Crippen molar-refractivity contribution in [1.82, 2.24) is 4.90 Å². The van der Waals surface area contributed by atoms with Gasteiger partial charge in [-0.2, -0.15) is 0 Å². The number of hydrogen-bond acceptors (Lipinski definition) is 5. The topological polar surface area (TPSA) is 62.1 Å². The molecule has 0 aromatic carbocycles. The molecule has 0 bridgehead atoms. The minimum atomic E-state index is -0.351. The number of aliphatic hydroxyl groups is 1. The number of carbonyl (C=O) groups excluding carboxylic acids is 1. The van der Waals surface area contributed by atoms with Crippen molar-refractivity contribution >= 4 is 12.0 Å². The van der Waals surface area contributed by atoms with E-state index >= 15 is 0 Å². The van der Waals surface area contributed by atoms with E-state index in [0.717, 1.165) is 57.9 Å². The van der Waals surface area contributed by atoms with E-state index in [1.54, 1.807) is 0 Å². The Hall–Kier alpha value is -0.940. The summed E-state index contributed by atoms with van der Waals surface area (Å²) in [6.45, 7) is 8.17. The van der Waals surface area contributed by atoms with Crippen molar-refractivity contribution in [2.45, 2.75) is 78.2 Å². The lowest BCUT2D eigenvalue weighted by atomic mass is 9.45. The van der Waals surface area contributed by atoms with E-state index < -0.39 is 0 Å². The van der Waals surface area contributed by atoms with Gasteiger partial charge in [0.25, 0.3) is 0 Å². The van der Waals surface area contributed by atoms with E-state index in [-0.39, 0.29) is 28.8 Å². The minimum absolute atomic E-state index is 0.0217. The molecule has 3 aliphatic carbocycles. The fourth-order valence-corrected chi connectivity index (χ4v) is 6.73. The molecule has 0 heterocycles. The first kappa shape index (κ1) is 22.7. The van der Waals surface area contributed by atoms with Crippen LogP contribution in [-0.4, -0.2) is 55.4 Å². The quantitative estimate of drug-likeness (QED) is 0.392. The van der Waals surface area contributed by atoms with Crippen molar-refractivity contribution in [3.05, 3.63) is 0 Å². The number of fused-ring (bicyclic) bond motifs is 3. The molecule has 3 rings (SSSR count). The summed E-state index contributed by atoms with van der Waals surface area (Å²) in [6.07, 6.45) is 9.59. The van der Waals surface area contributed by atoms with Crippen LogP contribution in [-0.2, 0) is 9.63 Å². The molecule has 3 aliphatic rings. The maximum absolute atomic E-state index is 13.4. The lowest BCUT2D eigenvalue weighted by Gasteiger charge is -2.58. The van der Waals surface area contributed by atoms with Crippen molar-refractivity contribution in [2.75, 3.05) is 27.2 Å². The normalized spacial score (nSPS) is 42.7. The highest BCUT2D eigenvalue weighted by molar-refractivity contribution is 5.88. The molecule has 0 saturated heterocycles. The van der Waals surface area contributed by atoms with Crippen LogP contribution in [0.5, 0.6) is 0 Å². The highest BCUT2D eigenvalue weighted by Gasteiger charge is 2.57. The van der Waals surface area contributed by atoms with E-state index in [0.29, 0.717) is 24.2 Å². The van der Waals surface area contributed by atoms with Gasteiger partial charge in [-0.25, -0.2) is 0 Å². The lowest BCUT2D eigenvalue weighted by Crippen LogP contribution is -2.56. The Balaban J connectivity index is 1.70. The first-order valence-corrected chi connectivity index (χ1v) is 11.7. The summed E-state index contributed by atoms with van der Waals surface area (Å²) in [5, 5.41) is 14.9. The minimum Gasteiger partial charge on any atom is -0.395 e. The summed E-state index contributed by atoms with van der Waals surface area (Å²) >= 11 is 0. The molecule has 29 heavy (non-hydrogen) atoms. The van der Waals surface area contributed by atoms with Crippen LogP contribution in [0.1, 0.15) is 72.1 Å². The van der Waals surface area contributed by atoms with Gasteiger partial charge < -0.3 is 14.8 Å². The van der Waals surface area contributed by atoms with Crippen molar-refractivity contribution in [2.24, 2.45) is 39.7 Å². The van der Waals surface area contributed by atoms with Crippen LogP contribution in [0.4, 0.5) is 0 Å². The number of nitrogens with zero attached hydrogens (tertiary/aromatic N) is 2. The Morgan fingerprint density at radius 1 is 1.28 bits per heavy atom. The van der Waals surface area contributed by atoms with Crippen molar-refractivity contribution < 1.29 is 14.7 Å². The van der Waals surface area contributed by atoms with E-state index in [1.807, 2.05) is 20.3 Å². The van der Waals surface area contributed by atoms with E-state index in [2.05, 4.69) is 30.8 Å². The molecular weight excluding hydrogens is 364 g/mol. The summed E-state index contributed by atoms with van der Waals surface area (Å²) in [6, 6.07) is 0. The summed E-state index contributed by atoms with van der Waals surface area (Å²) in [7, 11) is 4.02. The van der Waals surface area contributed by atoms with E-state index in [4.69, 9.17) is 4.84 Å². The van der Waals surface area contributed by atoms with Crippen LogP contribution in [0.25, 0.3) is 0 Å². The number of likely N-dealkylation sites (N-methyl/N-ethyl adjacent to an activating group) is 1. The van der Waals surface area contributed by atoms with Gasteiger partial charge in [-0.3, -0.25) is 4.79 Å². The van der Waals surface area contributed by atoms with Crippen LogP contribution < -0.4 is 0 Å². The third kappa shape index (κ3) is 4.56. The molecule has 0 radical (unpaired) electrons. The monoisotopic (exact) mass is 406 g/mol. The fourth-order valence-electron chi connectivity index (χ4n) is 6.73. The molecule has 0 aliphatic heterocycles. The fraction of sp³-hybridized carbons (Fsp3) is 0.917. The summed E-state index contributed by atoms with van der Waals surface area (Å²) < 4.78 is 0. The smallest absolute Gasteiger partial charge is 0.142 e. The number of carbonyl (C=O) groups is 1. The second-order valence-corrected chi connectivity index (χ2v) is 10.8. The molecule has 3 fully saturated rings. The molecule has 0 aromatic rings. The van der Waals surface area contributed by atoms with Crippen LogP contribution in [0.2, 0.25) is 0 Å². The van der Waals surface area contributed by atoms with Gasteiger partial charge in [-0.05, 0) is 76.3 Å². The average molecular weight is 407 g/mol. The van der Waals surface area contributed by atoms with Crippen molar-refractivity contribution in [3.63, 3.8) is 0 Å². The molecule has 166 valence electrons. The van der Waals surface area contributed by atoms with Gasteiger partial charge in [0.1, 0.15) is 12.4 Å². The van der Waals surface area contributed by atoms with Gasteiger partial charge in [-0.15, -0.1) is 0 Å². The standard InChI is InChI=1S/C24H42N2O3/c1-6-10-23(2)11-9-20-19(22(23)28)8-7-18-14-21(27)17(15-24(18,20)3)16-25-29-13-12-26(4)5/h16-21,27H,6-15H2,1-5H3/b25-16-/t17?,18?,19-,20+,21-,23+,24+/m1/s1. The Kier molecular flexibility index (Phi) is 7.10. The first-order valence-electron chi connectivity index (χ1n) is 11.7.